The van der Waals surface area contributed by atoms with Crippen molar-refractivity contribution in [3.05, 3.63) is 0 Å². The SMILES string of the molecule is CC(CO)CN1CC(=O)NC(C)C1. The van der Waals surface area contributed by atoms with Crippen molar-refractivity contribution in [3.63, 3.8) is 0 Å². The molecule has 1 aliphatic heterocycles. The Morgan fingerprint density at radius 1 is 1.77 bits per heavy atom. The number of piperazine rings is 1. The predicted octanol–water partition coefficient (Wildman–Crippen LogP) is -0.565. The van der Waals surface area contributed by atoms with Crippen molar-refractivity contribution < 1.29 is 9.90 Å². The largest absolute Gasteiger partial charge is 0.396 e. The zero-order chi connectivity index (χ0) is 9.84. The van der Waals surface area contributed by atoms with Gasteiger partial charge in [-0.05, 0) is 12.8 Å². The van der Waals surface area contributed by atoms with Crippen molar-refractivity contribution in [3.8, 4) is 0 Å². The van der Waals surface area contributed by atoms with Crippen molar-refractivity contribution >= 4 is 5.91 Å². The van der Waals surface area contributed by atoms with Crippen LogP contribution in [0.1, 0.15) is 13.8 Å². The molecular weight excluding hydrogens is 168 g/mol. The number of carbonyl (C=O) groups is 1. The molecule has 0 spiro atoms. The molecule has 2 N–H and O–H groups in total. The van der Waals surface area contributed by atoms with Crippen molar-refractivity contribution in [2.24, 2.45) is 5.92 Å². The third-order valence-corrected chi connectivity index (χ3v) is 2.19. The number of amides is 1. The first kappa shape index (κ1) is 10.5. The highest BCUT2D eigenvalue weighted by Crippen LogP contribution is 2.03. The molecule has 4 nitrogen and oxygen atoms in total. The average Bonchev–Trinajstić information content (AvgIpc) is 2.02. The number of aliphatic hydroxyl groups excluding tert-OH is 1. The van der Waals surface area contributed by atoms with E-state index in [1.165, 1.54) is 0 Å². The number of nitrogens with one attached hydrogen (secondary N) is 1. The highest BCUT2D eigenvalue weighted by atomic mass is 16.3. The van der Waals surface area contributed by atoms with Gasteiger partial charge in [0.05, 0.1) is 6.54 Å². The van der Waals surface area contributed by atoms with Crippen LogP contribution in [0.4, 0.5) is 0 Å². The summed E-state index contributed by atoms with van der Waals surface area (Å²) < 4.78 is 0. The van der Waals surface area contributed by atoms with Crippen molar-refractivity contribution in [2.45, 2.75) is 19.9 Å². The van der Waals surface area contributed by atoms with Gasteiger partial charge in [0.2, 0.25) is 5.91 Å². The van der Waals surface area contributed by atoms with E-state index in [9.17, 15) is 4.79 Å². The Morgan fingerprint density at radius 3 is 3.00 bits per heavy atom. The van der Waals surface area contributed by atoms with Crippen molar-refractivity contribution in [1.29, 1.82) is 0 Å². The van der Waals surface area contributed by atoms with Crippen LogP contribution in [0, 0.1) is 5.92 Å². The van der Waals surface area contributed by atoms with Crippen molar-refractivity contribution in [1.82, 2.24) is 10.2 Å². The fourth-order valence-electron chi connectivity index (χ4n) is 1.66. The zero-order valence-corrected chi connectivity index (χ0v) is 8.29. The molecule has 1 saturated heterocycles. The van der Waals surface area contributed by atoms with E-state index in [2.05, 4.69) is 10.2 Å². The monoisotopic (exact) mass is 186 g/mol. The molecule has 0 aromatic carbocycles. The second-order valence-corrected chi connectivity index (χ2v) is 3.95. The van der Waals surface area contributed by atoms with Gasteiger partial charge < -0.3 is 10.4 Å². The summed E-state index contributed by atoms with van der Waals surface area (Å²) in [5, 5.41) is 11.7. The number of rotatable bonds is 3. The smallest absolute Gasteiger partial charge is 0.234 e. The molecule has 0 aromatic rings. The van der Waals surface area contributed by atoms with Gasteiger partial charge in [-0.25, -0.2) is 0 Å². The highest BCUT2D eigenvalue weighted by Gasteiger charge is 2.22. The van der Waals surface area contributed by atoms with Crippen LogP contribution >= 0.6 is 0 Å². The molecule has 13 heavy (non-hydrogen) atoms. The van der Waals surface area contributed by atoms with Gasteiger partial charge in [-0.2, -0.15) is 0 Å². The summed E-state index contributed by atoms with van der Waals surface area (Å²) in [5.74, 6) is 0.335. The van der Waals surface area contributed by atoms with Gasteiger partial charge in [0, 0.05) is 25.7 Å². The molecule has 1 amide bonds. The molecule has 0 bridgehead atoms. The summed E-state index contributed by atoms with van der Waals surface area (Å²) in [4.78, 5) is 13.2. The molecule has 0 aromatic heterocycles. The van der Waals surface area contributed by atoms with Crippen LogP contribution in [-0.4, -0.2) is 48.2 Å². The lowest BCUT2D eigenvalue weighted by molar-refractivity contribution is -0.125. The molecule has 0 saturated carbocycles. The Morgan fingerprint density at radius 2 is 2.46 bits per heavy atom. The summed E-state index contributed by atoms with van der Waals surface area (Å²) in [7, 11) is 0. The van der Waals surface area contributed by atoms with Gasteiger partial charge in [-0.15, -0.1) is 0 Å². The van der Waals surface area contributed by atoms with E-state index in [4.69, 9.17) is 5.11 Å². The second kappa shape index (κ2) is 4.58. The van der Waals surface area contributed by atoms with E-state index < -0.39 is 0 Å². The van der Waals surface area contributed by atoms with Crippen LogP contribution in [0.3, 0.4) is 0 Å². The Labute approximate surface area is 78.9 Å². The Bertz CT molecular complexity index is 184. The third-order valence-electron chi connectivity index (χ3n) is 2.19. The fourth-order valence-corrected chi connectivity index (χ4v) is 1.66. The average molecular weight is 186 g/mol. The highest BCUT2D eigenvalue weighted by molar-refractivity contribution is 5.79. The van der Waals surface area contributed by atoms with E-state index in [-0.39, 0.29) is 24.5 Å². The van der Waals surface area contributed by atoms with Gasteiger partial charge in [0.1, 0.15) is 0 Å². The molecule has 76 valence electrons. The maximum Gasteiger partial charge on any atom is 0.234 e. The minimum atomic E-state index is 0.0869. The first-order valence-corrected chi connectivity index (χ1v) is 4.74. The molecule has 1 fully saturated rings. The standard InChI is InChI=1S/C9H18N2O2/c1-7(6-12)3-11-4-8(2)10-9(13)5-11/h7-8,12H,3-6H2,1-2H3,(H,10,13). The van der Waals surface area contributed by atoms with Gasteiger partial charge in [-0.1, -0.05) is 6.92 Å². The molecule has 1 heterocycles. The lowest BCUT2D eigenvalue weighted by atomic mass is 10.1. The number of carbonyl (C=O) groups excluding carboxylic acids is 1. The van der Waals surface area contributed by atoms with Crippen LogP contribution in [0.2, 0.25) is 0 Å². The minimum Gasteiger partial charge on any atom is -0.396 e. The quantitative estimate of drug-likeness (QED) is 0.621. The molecule has 1 rings (SSSR count). The lowest BCUT2D eigenvalue weighted by Gasteiger charge is -2.32. The Kier molecular flexibility index (Phi) is 3.69. The molecule has 0 radical (unpaired) electrons. The summed E-state index contributed by atoms with van der Waals surface area (Å²) in [6.07, 6.45) is 0. The summed E-state index contributed by atoms with van der Waals surface area (Å²) in [5.41, 5.74) is 0. The first-order chi connectivity index (χ1) is 6.11. The van der Waals surface area contributed by atoms with Crippen LogP contribution in [-0.2, 0) is 4.79 Å². The van der Waals surface area contributed by atoms with Crippen LogP contribution in [0.15, 0.2) is 0 Å². The van der Waals surface area contributed by atoms with Gasteiger partial charge in [0.25, 0.3) is 0 Å². The molecule has 2 unspecified atom stereocenters. The topological polar surface area (TPSA) is 52.6 Å². The number of hydrogen-bond acceptors (Lipinski definition) is 3. The van der Waals surface area contributed by atoms with E-state index in [1.54, 1.807) is 0 Å². The van der Waals surface area contributed by atoms with Crippen LogP contribution in [0.25, 0.3) is 0 Å². The number of nitrogens with zero attached hydrogens (tertiary/aromatic N) is 1. The summed E-state index contributed by atoms with van der Waals surface area (Å²) in [6.45, 7) is 6.32. The number of hydrogen-bond donors (Lipinski definition) is 2. The maximum atomic E-state index is 11.1. The lowest BCUT2D eigenvalue weighted by Crippen LogP contribution is -2.53. The molecule has 4 heteroatoms. The zero-order valence-electron chi connectivity index (χ0n) is 8.29. The first-order valence-electron chi connectivity index (χ1n) is 4.74. The van der Waals surface area contributed by atoms with E-state index in [1.807, 2.05) is 13.8 Å². The minimum absolute atomic E-state index is 0.0869. The van der Waals surface area contributed by atoms with E-state index >= 15 is 0 Å². The molecular formula is C9H18N2O2. The fraction of sp³-hybridized carbons (Fsp3) is 0.889. The van der Waals surface area contributed by atoms with Gasteiger partial charge >= 0.3 is 0 Å². The maximum absolute atomic E-state index is 11.1. The van der Waals surface area contributed by atoms with Gasteiger partial charge in [0.15, 0.2) is 0 Å². The third kappa shape index (κ3) is 3.32. The Balaban J connectivity index is 2.37. The van der Waals surface area contributed by atoms with Crippen LogP contribution < -0.4 is 5.32 Å². The predicted molar refractivity (Wildman–Crippen MR) is 50.3 cm³/mol. The number of aliphatic hydroxyl groups is 1. The molecule has 2 atom stereocenters. The van der Waals surface area contributed by atoms with E-state index in [0.29, 0.717) is 6.54 Å². The summed E-state index contributed by atoms with van der Waals surface area (Å²) in [6, 6.07) is 0.229. The summed E-state index contributed by atoms with van der Waals surface area (Å²) >= 11 is 0. The normalized spacial score (nSPS) is 27.0. The van der Waals surface area contributed by atoms with Crippen molar-refractivity contribution in [2.75, 3.05) is 26.2 Å². The van der Waals surface area contributed by atoms with Gasteiger partial charge in [-0.3, -0.25) is 9.69 Å². The second-order valence-electron chi connectivity index (χ2n) is 3.95. The Hall–Kier alpha value is -0.610. The molecule has 0 aliphatic carbocycles. The van der Waals surface area contributed by atoms with E-state index in [0.717, 1.165) is 13.1 Å². The van der Waals surface area contributed by atoms with Crippen LogP contribution in [0.5, 0.6) is 0 Å². The molecule has 1 aliphatic rings.